The number of benzene rings is 3. The minimum atomic E-state index is -3.29. The third-order valence-electron chi connectivity index (χ3n) is 4.34. The van der Waals surface area contributed by atoms with Crippen LogP contribution in [-0.4, -0.2) is 13.7 Å². The van der Waals surface area contributed by atoms with E-state index in [1.54, 1.807) is 12.1 Å². The van der Waals surface area contributed by atoms with Crippen molar-refractivity contribution in [3.05, 3.63) is 77.8 Å². The number of ether oxygens (including phenoxy) is 1. The van der Waals surface area contributed by atoms with Crippen molar-refractivity contribution in [2.45, 2.75) is 18.1 Å². The molecule has 0 spiro atoms. The maximum atomic E-state index is 12.0. The molecule has 1 aliphatic carbocycles. The van der Waals surface area contributed by atoms with Crippen LogP contribution in [0.3, 0.4) is 0 Å². The molecule has 0 amide bonds. The van der Waals surface area contributed by atoms with E-state index in [0.717, 1.165) is 35.5 Å². The molecule has 1 N–H and O–H groups in total. The lowest BCUT2D eigenvalue weighted by atomic mass is 10.1. The zero-order valence-electron chi connectivity index (χ0n) is 14.4. The molecule has 3 aromatic rings. The summed E-state index contributed by atoms with van der Waals surface area (Å²) in [6.07, 6.45) is 1.44. The Balaban J connectivity index is 1.51. The second kappa shape index (κ2) is 7.25. The molecule has 0 aromatic heterocycles. The van der Waals surface area contributed by atoms with E-state index in [-0.39, 0.29) is 5.25 Å². The lowest BCUT2D eigenvalue weighted by Crippen LogP contribution is -2.17. The summed E-state index contributed by atoms with van der Waals surface area (Å²) >= 11 is 6.39. The van der Waals surface area contributed by atoms with Gasteiger partial charge in [-0.25, -0.2) is 8.42 Å². The average molecular weight is 400 g/mol. The Bertz CT molecular complexity index is 1050. The summed E-state index contributed by atoms with van der Waals surface area (Å²) in [6, 6.07) is 22.4. The van der Waals surface area contributed by atoms with Gasteiger partial charge in [0.05, 0.1) is 10.3 Å². The van der Waals surface area contributed by atoms with Crippen LogP contribution in [0.15, 0.2) is 72.8 Å². The summed E-state index contributed by atoms with van der Waals surface area (Å²) in [6.45, 7) is 0. The Morgan fingerprint density at radius 3 is 2.19 bits per heavy atom. The molecule has 0 radical (unpaired) electrons. The van der Waals surface area contributed by atoms with Gasteiger partial charge in [0.1, 0.15) is 11.5 Å². The van der Waals surface area contributed by atoms with Gasteiger partial charge in [-0.15, -0.1) is 0 Å². The van der Waals surface area contributed by atoms with Crippen molar-refractivity contribution in [2.75, 3.05) is 4.72 Å². The molecule has 0 aliphatic heterocycles. The van der Waals surface area contributed by atoms with Crippen LogP contribution in [0, 0.1) is 0 Å². The molecule has 3 aromatic carbocycles. The van der Waals surface area contributed by atoms with Crippen molar-refractivity contribution in [3.63, 3.8) is 0 Å². The molecule has 1 aliphatic rings. The number of rotatable bonds is 6. The molecule has 0 atom stereocenters. The maximum Gasteiger partial charge on any atom is 0.235 e. The van der Waals surface area contributed by atoms with Crippen LogP contribution in [0.1, 0.15) is 12.8 Å². The van der Waals surface area contributed by atoms with Gasteiger partial charge in [0.2, 0.25) is 10.0 Å². The predicted octanol–water partition coefficient (Wildman–Crippen LogP) is 5.70. The molecule has 0 unspecified atom stereocenters. The SMILES string of the molecule is O=S(=O)(Nc1ccc(-c2ccc(Oc3ccccc3)cc2)c(Cl)c1)C1CC1. The highest BCUT2D eigenvalue weighted by Crippen LogP contribution is 2.34. The number of sulfonamides is 1. The largest absolute Gasteiger partial charge is 0.457 e. The van der Waals surface area contributed by atoms with E-state index in [1.807, 2.05) is 60.7 Å². The van der Waals surface area contributed by atoms with Crippen LogP contribution in [0.2, 0.25) is 5.02 Å². The number of hydrogen-bond acceptors (Lipinski definition) is 3. The summed E-state index contributed by atoms with van der Waals surface area (Å²) in [5, 5.41) is 0.218. The first kappa shape index (κ1) is 17.9. The fraction of sp³-hybridized carbons (Fsp3) is 0.143. The number of halogens is 1. The fourth-order valence-electron chi connectivity index (χ4n) is 2.77. The lowest BCUT2D eigenvalue weighted by Gasteiger charge is -2.11. The van der Waals surface area contributed by atoms with Gasteiger partial charge in [0.15, 0.2) is 0 Å². The van der Waals surface area contributed by atoms with Crippen LogP contribution < -0.4 is 9.46 Å². The van der Waals surface area contributed by atoms with Gasteiger partial charge in [-0.05, 0) is 54.8 Å². The highest BCUT2D eigenvalue weighted by molar-refractivity contribution is 7.93. The zero-order valence-corrected chi connectivity index (χ0v) is 16.0. The summed E-state index contributed by atoms with van der Waals surface area (Å²) in [5.74, 6) is 1.51. The van der Waals surface area contributed by atoms with Crippen LogP contribution in [0.25, 0.3) is 11.1 Å². The normalized spacial score (nSPS) is 14.0. The van der Waals surface area contributed by atoms with Crippen molar-refractivity contribution >= 4 is 27.3 Å². The highest BCUT2D eigenvalue weighted by atomic mass is 35.5. The van der Waals surface area contributed by atoms with Crippen LogP contribution >= 0.6 is 11.6 Å². The zero-order chi connectivity index (χ0) is 18.9. The van der Waals surface area contributed by atoms with Gasteiger partial charge in [-0.1, -0.05) is 48.0 Å². The molecule has 6 heteroatoms. The highest BCUT2D eigenvalue weighted by Gasteiger charge is 2.35. The van der Waals surface area contributed by atoms with Crippen molar-refractivity contribution in [1.82, 2.24) is 0 Å². The Morgan fingerprint density at radius 2 is 1.56 bits per heavy atom. The van der Waals surface area contributed by atoms with Gasteiger partial charge in [0, 0.05) is 11.3 Å². The molecule has 0 saturated heterocycles. The first-order valence-corrected chi connectivity index (χ1v) is 10.6. The molecular weight excluding hydrogens is 382 g/mol. The quantitative estimate of drug-likeness (QED) is 0.578. The predicted molar refractivity (Wildman–Crippen MR) is 109 cm³/mol. The molecular formula is C21H18ClNO3S. The Hall–Kier alpha value is -2.50. The van der Waals surface area contributed by atoms with E-state index in [2.05, 4.69) is 4.72 Å². The number of nitrogens with one attached hydrogen (secondary N) is 1. The maximum absolute atomic E-state index is 12.0. The van der Waals surface area contributed by atoms with Crippen LogP contribution in [0.5, 0.6) is 11.5 Å². The van der Waals surface area contributed by atoms with Crippen LogP contribution in [-0.2, 0) is 10.0 Å². The first-order chi connectivity index (χ1) is 13.0. The Morgan fingerprint density at radius 1 is 0.889 bits per heavy atom. The van der Waals surface area contributed by atoms with Crippen molar-refractivity contribution in [2.24, 2.45) is 0 Å². The Labute approximate surface area is 163 Å². The Kier molecular flexibility index (Phi) is 4.81. The third kappa shape index (κ3) is 4.26. The summed E-state index contributed by atoms with van der Waals surface area (Å²) in [5.41, 5.74) is 2.24. The summed E-state index contributed by atoms with van der Waals surface area (Å²) < 4.78 is 32.5. The van der Waals surface area contributed by atoms with E-state index >= 15 is 0 Å². The van der Waals surface area contributed by atoms with E-state index in [1.165, 1.54) is 0 Å². The molecule has 27 heavy (non-hydrogen) atoms. The molecule has 1 saturated carbocycles. The standard InChI is InChI=1S/C21H18ClNO3S/c22-21-14-16(23-27(24,25)19-11-12-19)8-13-20(21)15-6-9-18(10-7-15)26-17-4-2-1-3-5-17/h1-10,13-14,19,23H,11-12H2. The van der Waals surface area contributed by atoms with E-state index in [4.69, 9.17) is 16.3 Å². The molecule has 138 valence electrons. The molecule has 0 heterocycles. The van der Waals surface area contributed by atoms with E-state index < -0.39 is 10.0 Å². The smallest absolute Gasteiger partial charge is 0.235 e. The molecule has 4 nitrogen and oxygen atoms in total. The van der Waals surface area contributed by atoms with Gasteiger partial charge in [0.25, 0.3) is 0 Å². The van der Waals surface area contributed by atoms with E-state index in [0.29, 0.717) is 10.7 Å². The number of hydrogen-bond donors (Lipinski definition) is 1. The average Bonchev–Trinajstić information content (AvgIpc) is 3.49. The minimum absolute atomic E-state index is 0.270. The third-order valence-corrected chi connectivity index (χ3v) is 6.52. The van der Waals surface area contributed by atoms with Crippen molar-refractivity contribution < 1.29 is 13.2 Å². The van der Waals surface area contributed by atoms with Crippen molar-refractivity contribution in [3.8, 4) is 22.6 Å². The monoisotopic (exact) mass is 399 g/mol. The second-order valence-corrected chi connectivity index (χ2v) is 8.85. The number of para-hydroxylation sites is 1. The first-order valence-electron chi connectivity index (χ1n) is 8.66. The minimum Gasteiger partial charge on any atom is -0.457 e. The summed E-state index contributed by atoms with van der Waals surface area (Å²) in [4.78, 5) is 0. The van der Waals surface area contributed by atoms with E-state index in [9.17, 15) is 8.42 Å². The lowest BCUT2D eigenvalue weighted by molar-refractivity contribution is 0.483. The molecule has 4 rings (SSSR count). The fourth-order valence-corrected chi connectivity index (χ4v) is 4.43. The van der Waals surface area contributed by atoms with Gasteiger partial charge in [-0.3, -0.25) is 4.72 Å². The van der Waals surface area contributed by atoms with Gasteiger partial charge < -0.3 is 4.74 Å². The van der Waals surface area contributed by atoms with Crippen LogP contribution in [0.4, 0.5) is 5.69 Å². The molecule has 0 bridgehead atoms. The second-order valence-electron chi connectivity index (χ2n) is 6.48. The summed E-state index contributed by atoms with van der Waals surface area (Å²) in [7, 11) is -3.29. The van der Waals surface area contributed by atoms with Gasteiger partial charge in [-0.2, -0.15) is 0 Å². The molecule has 1 fully saturated rings. The number of anilines is 1. The van der Waals surface area contributed by atoms with Crippen molar-refractivity contribution in [1.29, 1.82) is 0 Å². The topological polar surface area (TPSA) is 55.4 Å². The van der Waals surface area contributed by atoms with Gasteiger partial charge >= 0.3 is 0 Å².